The standard InChI is InChI=1S/C17H32N2O/c1-12(2)14-11-18-8-6-7-13(18)10-19(14)15-9-16(20-5)17(15,3)4/h12-16H,6-11H2,1-5H3. The van der Waals surface area contributed by atoms with Gasteiger partial charge < -0.3 is 4.74 Å². The minimum Gasteiger partial charge on any atom is -0.381 e. The smallest absolute Gasteiger partial charge is 0.0652 e. The van der Waals surface area contributed by atoms with Crippen LogP contribution >= 0.6 is 0 Å². The summed E-state index contributed by atoms with van der Waals surface area (Å²) < 4.78 is 5.67. The fourth-order valence-corrected chi connectivity index (χ4v) is 4.85. The molecule has 1 saturated carbocycles. The lowest BCUT2D eigenvalue weighted by atomic mass is 9.63. The van der Waals surface area contributed by atoms with Crippen LogP contribution in [0.2, 0.25) is 0 Å². The summed E-state index contributed by atoms with van der Waals surface area (Å²) in [4.78, 5) is 5.60. The van der Waals surface area contributed by atoms with Crippen molar-refractivity contribution < 1.29 is 4.74 Å². The third-order valence-corrected chi connectivity index (χ3v) is 6.35. The molecule has 3 nitrogen and oxygen atoms in total. The molecule has 3 fully saturated rings. The van der Waals surface area contributed by atoms with Crippen molar-refractivity contribution in [1.29, 1.82) is 0 Å². The second-order valence-corrected chi connectivity index (χ2v) is 8.10. The van der Waals surface area contributed by atoms with E-state index < -0.39 is 0 Å². The lowest BCUT2D eigenvalue weighted by Gasteiger charge is -2.60. The summed E-state index contributed by atoms with van der Waals surface area (Å²) in [6.45, 7) is 13.5. The van der Waals surface area contributed by atoms with Crippen molar-refractivity contribution in [3.05, 3.63) is 0 Å². The Kier molecular flexibility index (Phi) is 3.89. The van der Waals surface area contributed by atoms with E-state index in [9.17, 15) is 0 Å². The summed E-state index contributed by atoms with van der Waals surface area (Å²) in [5.41, 5.74) is 0.308. The highest BCUT2D eigenvalue weighted by Crippen LogP contribution is 2.47. The number of piperazine rings is 1. The van der Waals surface area contributed by atoms with Gasteiger partial charge in [0.1, 0.15) is 0 Å². The molecule has 2 aliphatic heterocycles. The third kappa shape index (κ3) is 2.22. The van der Waals surface area contributed by atoms with Crippen molar-refractivity contribution in [2.75, 3.05) is 26.7 Å². The molecule has 0 aromatic carbocycles. The van der Waals surface area contributed by atoms with Gasteiger partial charge in [-0.3, -0.25) is 9.80 Å². The van der Waals surface area contributed by atoms with E-state index in [-0.39, 0.29) is 0 Å². The maximum atomic E-state index is 5.67. The van der Waals surface area contributed by atoms with Crippen molar-refractivity contribution in [3.8, 4) is 0 Å². The minimum atomic E-state index is 0.308. The summed E-state index contributed by atoms with van der Waals surface area (Å²) in [6, 6.07) is 2.26. The molecule has 0 aromatic heterocycles. The highest BCUT2D eigenvalue weighted by Gasteiger charge is 2.54. The fraction of sp³-hybridized carbons (Fsp3) is 1.00. The van der Waals surface area contributed by atoms with Crippen LogP contribution in [0, 0.1) is 11.3 Å². The third-order valence-electron chi connectivity index (χ3n) is 6.35. The normalized spacial score (nSPS) is 41.7. The Bertz CT molecular complexity index is 355. The summed E-state index contributed by atoms with van der Waals surface area (Å²) in [5.74, 6) is 0.744. The molecule has 4 unspecified atom stereocenters. The van der Waals surface area contributed by atoms with Gasteiger partial charge in [-0.1, -0.05) is 27.7 Å². The van der Waals surface area contributed by atoms with E-state index in [1.165, 1.54) is 38.9 Å². The van der Waals surface area contributed by atoms with Gasteiger partial charge in [-0.05, 0) is 31.7 Å². The summed E-state index contributed by atoms with van der Waals surface area (Å²) in [5, 5.41) is 0. The molecule has 3 rings (SSSR count). The molecule has 3 heteroatoms. The summed E-state index contributed by atoms with van der Waals surface area (Å²) in [7, 11) is 1.87. The molecule has 0 N–H and O–H groups in total. The Hall–Kier alpha value is -0.120. The van der Waals surface area contributed by atoms with Gasteiger partial charge in [-0.15, -0.1) is 0 Å². The maximum absolute atomic E-state index is 5.67. The highest BCUT2D eigenvalue weighted by molar-refractivity contribution is 5.08. The molecular formula is C17H32N2O. The molecule has 20 heavy (non-hydrogen) atoms. The lowest BCUT2D eigenvalue weighted by molar-refractivity contribution is -0.164. The van der Waals surface area contributed by atoms with E-state index in [1.54, 1.807) is 0 Å². The van der Waals surface area contributed by atoms with Crippen molar-refractivity contribution in [2.45, 2.75) is 71.2 Å². The molecule has 0 spiro atoms. The average Bonchev–Trinajstić information content (AvgIpc) is 2.84. The van der Waals surface area contributed by atoms with Gasteiger partial charge in [0.05, 0.1) is 6.10 Å². The monoisotopic (exact) mass is 280 g/mol. The molecule has 0 bridgehead atoms. The molecule has 4 atom stereocenters. The predicted octanol–water partition coefficient (Wildman–Crippen LogP) is 2.60. The zero-order valence-electron chi connectivity index (χ0n) is 13.9. The molecule has 3 aliphatic rings. The maximum Gasteiger partial charge on any atom is 0.0652 e. The zero-order chi connectivity index (χ0) is 14.5. The van der Waals surface area contributed by atoms with Crippen LogP contribution in [-0.4, -0.2) is 60.8 Å². The van der Waals surface area contributed by atoms with Crippen LogP contribution in [0.3, 0.4) is 0 Å². The number of fused-ring (bicyclic) bond motifs is 1. The van der Waals surface area contributed by atoms with Crippen LogP contribution in [0.5, 0.6) is 0 Å². The Balaban J connectivity index is 1.76. The first kappa shape index (κ1) is 14.8. The van der Waals surface area contributed by atoms with Gasteiger partial charge in [0.15, 0.2) is 0 Å². The van der Waals surface area contributed by atoms with Crippen molar-refractivity contribution >= 4 is 0 Å². The van der Waals surface area contributed by atoms with Crippen LogP contribution < -0.4 is 0 Å². The molecule has 0 amide bonds. The number of hydrogen-bond donors (Lipinski definition) is 0. The minimum absolute atomic E-state index is 0.308. The van der Waals surface area contributed by atoms with Crippen LogP contribution in [0.25, 0.3) is 0 Å². The molecule has 0 radical (unpaired) electrons. The van der Waals surface area contributed by atoms with Crippen LogP contribution in [-0.2, 0) is 4.74 Å². The van der Waals surface area contributed by atoms with E-state index in [1.807, 2.05) is 7.11 Å². The van der Waals surface area contributed by atoms with E-state index >= 15 is 0 Å². The first-order chi connectivity index (χ1) is 9.45. The molecule has 0 aromatic rings. The molecule has 116 valence electrons. The van der Waals surface area contributed by atoms with Gasteiger partial charge in [-0.25, -0.2) is 0 Å². The molecule has 1 aliphatic carbocycles. The van der Waals surface area contributed by atoms with E-state index in [0.29, 0.717) is 17.6 Å². The number of nitrogens with zero attached hydrogens (tertiary/aromatic N) is 2. The van der Waals surface area contributed by atoms with Crippen molar-refractivity contribution in [1.82, 2.24) is 9.80 Å². The van der Waals surface area contributed by atoms with Crippen LogP contribution in [0.4, 0.5) is 0 Å². The number of rotatable bonds is 3. The highest BCUT2D eigenvalue weighted by atomic mass is 16.5. The van der Waals surface area contributed by atoms with Crippen LogP contribution in [0.1, 0.15) is 47.0 Å². The van der Waals surface area contributed by atoms with Crippen molar-refractivity contribution in [2.24, 2.45) is 11.3 Å². The Morgan fingerprint density at radius 3 is 2.55 bits per heavy atom. The number of ether oxygens (including phenoxy) is 1. The summed E-state index contributed by atoms with van der Waals surface area (Å²) >= 11 is 0. The lowest BCUT2D eigenvalue weighted by Crippen LogP contribution is -2.69. The Morgan fingerprint density at radius 2 is 1.95 bits per heavy atom. The van der Waals surface area contributed by atoms with Gasteiger partial charge in [0, 0.05) is 43.7 Å². The van der Waals surface area contributed by atoms with E-state index in [4.69, 9.17) is 4.74 Å². The van der Waals surface area contributed by atoms with Gasteiger partial charge in [0.25, 0.3) is 0 Å². The Labute approximate surface area is 124 Å². The summed E-state index contributed by atoms with van der Waals surface area (Å²) in [6.07, 6.45) is 4.47. The van der Waals surface area contributed by atoms with Gasteiger partial charge >= 0.3 is 0 Å². The Morgan fingerprint density at radius 1 is 1.20 bits per heavy atom. The van der Waals surface area contributed by atoms with Gasteiger partial charge in [0.2, 0.25) is 0 Å². The predicted molar refractivity (Wildman–Crippen MR) is 82.9 cm³/mol. The second kappa shape index (κ2) is 5.26. The first-order valence-corrected chi connectivity index (χ1v) is 8.47. The van der Waals surface area contributed by atoms with Gasteiger partial charge in [-0.2, -0.15) is 0 Å². The van der Waals surface area contributed by atoms with Crippen LogP contribution in [0.15, 0.2) is 0 Å². The second-order valence-electron chi connectivity index (χ2n) is 8.10. The number of methoxy groups -OCH3 is 1. The largest absolute Gasteiger partial charge is 0.381 e. The fourth-order valence-electron chi connectivity index (χ4n) is 4.85. The molecular weight excluding hydrogens is 248 g/mol. The SMILES string of the molecule is COC1CC(N2CC3CCCN3CC2C(C)C)C1(C)C. The first-order valence-electron chi connectivity index (χ1n) is 8.47. The van der Waals surface area contributed by atoms with E-state index in [0.717, 1.165) is 18.0 Å². The van der Waals surface area contributed by atoms with E-state index in [2.05, 4.69) is 37.5 Å². The van der Waals surface area contributed by atoms with Crippen molar-refractivity contribution in [3.63, 3.8) is 0 Å². The molecule has 2 heterocycles. The number of hydrogen-bond acceptors (Lipinski definition) is 3. The quantitative estimate of drug-likeness (QED) is 0.790. The zero-order valence-corrected chi connectivity index (χ0v) is 13.9. The molecule has 2 saturated heterocycles. The topological polar surface area (TPSA) is 15.7 Å². The average molecular weight is 280 g/mol.